The molecule has 23 heavy (non-hydrogen) atoms. The number of benzene rings is 1. The summed E-state index contributed by atoms with van der Waals surface area (Å²) in [5.74, 6) is 0.145. The van der Waals surface area contributed by atoms with Crippen molar-refractivity contribution in [1.82, 2.24) is 15.3 Å². The van der Waals surface area contributed by atoms with E-state index < -0.39 is 4.92 Å². The van der Waals surface area contributed by atoms with E-state index in [2.05, 4.69) is 15.3 Å². The predicted molar refractivity (Wildman–Crippen MR) is 85.5 cm³/mol. The van der Waals surface area contributed by atoms with Crippen LogP contribution < -0.4 is 5.32 Å². The molecular formula is C14H16N4O4S. The Hall–Kier alpha value is -2.13. The number of nitro groups is 1. The van der Waals surface area contributed by atoms with Gasteiger partial charge in [0.25, 0.3) is 5.69 Å². The molecule has 1 aliphatic heterocycles. The minimum absolute atomic E-state index is 0.00649. The Morgan fingerprint density at radius 1 is 1.57 bits per heavy atom. The van der Waals surface area contributed by atoms with Crippen LogP contribution in [0.4, 0.5) is 5.69 Å². The number of hydrogen-bond donors (Lipinski definition) is 2. The van der Waals surface area contributed by atoms with Gasteiger partial charge in [0, 0.05) is 25.3 Å². The summed E-state index contributed by atoms with van der Waals surface area (Å²) >= 11 is 1.26. The summed E-state index contributed by atoms with van der Waals surface area (Å²) in [7, 11) is 0. The fraction of sp³-hybridized carbons (Fsp3) is 0.429. The Balaban J connectivity index is 1.54. The van der Waals surface area contributed by atoms with Crippen molar-refractivity contribution in [3.05, 3.63) is 28.3 Å². The lowest BCUT2D eigenvalue weighted by atomic mass is 10.2. The molecule has 1 aromatic heterocycles. The Labute approximate surface area is 136 Å². The van der Waals surface area contributed by atoms with Gasteiger partial charge in [-0.25, -0.2) is 4.98 Å². The Morgan fingerprint density at radius 3 is 3.17 bits per heavy atom. The first-order valence-electron chi connectivity index (χ1n) is 7.27. The number of fused-ring (bicyclic) bond motifs is 1. The molecule has 1 fully saturated rings. The van der Waals surface area contributed by atoms with E-state index >= 15 is 0 Å². The van der Waals surface area contributed by atoms with E-state index in [4.69, 9.17) is 4.74 Å². The highest BCUT2D eigenvalue weighted by Gasteiger charge is 2.16. The van der Waals surface area contributed by atoms with E-state index in [1.54, 1.807) is 6.07 Å². The number of aromatic amines is 1. The van der Waals surface area contributed by atoms with Crippen LogP contribution in [0.2, 0.25) is 0 Å². The van der Waals surface area contributed by atoms with Gasteiger partial charge in [0.15, 0.2) is 5.16 Å². The maximum Gasteiger partial charge on any atom is 0.271 e. The van der Waals surface area contributed by atoms with Gasteiger partial charge in [0.1, 0.15) is 0 Å². The van der Waals surface area contributed by atoms with E-state index in [1.807, 2.05) is 0 Å². The molecule has 1 saturated heterocycles. The van der Waals surface area contributed by atoms with Gasteiger partial charge in [-0.3, -0.25) is 14.9 Å². The minimum atomic E-state index is -0.453. The highest BCUT2D eigenvalue weighted by molar-refractivity contribution is 7.99. The second-order valence-electron chi connectivity index (χ2n) is 5.23. The van der Waals surface area contributed by atoms with Crippen LogP contribution in [0.5, 0.6) is 0 Å². The van der Waals surface area contributed by atoms with Gasteiger partial charge in [-0.05, 0) is 18.9 Å². The van der Waals surface area contributed by atoms with Crippen molar-refractivity contribution in [2.24, 2.45) is 0 Å². The number of non-ortho nitro benzene ring substituents is 1. The quantitative estimate of drug-likeness (QED) is 0.473. The van der Waals surface area contributed by atoms with Gasteiger partial charge < -0.3 is 15.0 Å². The summed E-state index contributed by atoms with van der Waals surface area (Å²) in [6, 6.07) is 4.43. The van der Waals surface area contributed by atoms with Gasteiger partial charge in [0.2, 0.25) is 5.91 Å². The van der Waals surface area contributed by atoms with Gasteiger partial charge in [-0.1, -0.05) is 11.8 Å². The molecule has 0 aliphatic carbocycles. The average Bonchev–Trinajstić information content (AvgIpc) is 3.18. The molecule has 0 radical (unpaired) electrons. The topological polar surface area (TPSA) is 110 Å². The zero-order chi connectivity index (χ0) is 16.2. The van der Waals surface area contributed by atoms with Crippen molar-refractivity contribution < 1.29 is 14.5 Å². The molecule has 1 amide bonds. The Kier molecular flexibility index (Phi) is 4.77. The van der Waals surface area contributed by atoms with Crippen LogP contribution in [0.15, 0.2) is 23.4 Å². The average molecular weight is 336 g/mol. The number of H-pyrrole nitrogens is 1. The van der Waals surface area contributed by atoms with E-state index in [1.165, 1.54) is 23.9 Å². The molecule has 1 aromatic carbocycles. The van der Waals surface area contributed by atoms with Gasteiger partial charge in [-0.15, -0.1) is 0 Å². The first kappa shape index (κ1) is 15.8. The molecule has 0 saturated carbocycles. The molecule has 2 heterocycles. The van der Waals surface area contributed by atoms with E-state index in [-0.39, 0.29) is 23.5 Å². The third-order valence-corrected chi connectivity index (χ3v) is 4.42. The van der Waals surface area contributed by atoms with Crippen molar-refractivity contribution in [2.75, 3.05) is 18.9 Å². The van der Waals surface area contributed by atoms with Crippen molar-refractivity contribution in [3.8, 4) is 0 Å². The number of amides is 1. The molecular weight excluding hydrogens is 320 g/mol. The molecule has 9 heteroatoms. The fourth-order valence-corrected chi connectivity index (χ4v) is 3.09. The lowest BCUT2D eigenvalue weighted by Crippen LogP contribution is -2.32. The molecule has 2 N–H and O–H groups in total. The van der Waals surface area contributed by atoms with Gasteiger partial charge in [-0.2, -0.15) is 0 Å². The molecule has 1 aliphatic rings. The molecule has 2 aromatic rings. The van der Waals surface area contributed by atoms with Crippen LogP contribution in [-0.4, -0.2) is 45.8 Å². The smallest absolute Gasteiger partial charge is 0.271 e. The molecule has 8 nitrogen and oxygen atoms in total. The number of rotatable bonds is 6. The summed E-state index contributed by atoms with van der Waals surface area (Å²) in [5.41, 5.74) is 1.23. The SMILES string of the molecule is O=C(CSc1nc2ccc([N+](=O)[O-])cc2[nH]1)NC[C@H]1CCCO1. The largest absolute Gasteiger partial charge is 0.376 e. The van der Waals surface area contributed by atoms with Crippen LogP contribution in [0.1, 0.15) is 12.8 Å². The second-order valence-corrected chi connectivity index (χ2v) is 6.19. The maximum atomic E-state index is 11.8. The summed E-state index contributed by atoms with van der Waals surface area (Å²) in [5, 5.41) is 14.1. The first-order valence-corrected chi connectivity index (χ1v) is 8.25. The van der Waals surface area contributed by atoms with Crippen molar-refractivity contribution in [2.45, 2.75) is 24.1 Å². The van der Waals surface area contributed by atoms with Crippen LogP contribution in [0.3, 0.4) is 0 Å². The van der Waals surface area contributed by atoms with Crippen LogP contribution >= 0.6 is 11.8 Å². The lowest BCUT2D eigenvalue weighted by Gasteiger charge is -2.10. The summed E-state index contributed by atoms with van der Waals surface area (Å²) in [6.07, 6.45) is 2.15. The molecule has 3 rings (SSSR count). The number of aromatic nitrogens is 2. The third-order valence-electron chi connectivity index (χ3n) is 3.55. The van der Waals surface area contributed by atoms with Crippen LogP contribution in [0.25, 0.3) is 11.0 Å². The predicted octanol–water partition coefficient (Wildman–Crippen LogP) is 1.86. The maximum absolute atomic E-state index is 11.8. The number of nitrogens with one attached hydrogen (secondary N) is 2. The lowest BCUT2D eigenvalue weighted by molar-refractivity contribution is -0.384. The van der Waals surface area contributed by atoms with Crippen LogP contribution in [-0.2, 0) is 9.53 Å². The molecule has 0 unspecified atom stereocenters. The number of nitro benzene ring substituents is 1. The monoisotopic (exact) mass is 336 g/mol. The number of carbonyl (C=O) groups excluding carboxylic acids is 1. The standard InChI is InChI=1S/C14H16N4O4S/c19-13(15-7-10-2-1-5-22-10)8-23-14-16-11-4-3-9(18(20)21)6-12(11)17-14/h3-4,6,10H,1-2,5,7-8H2,(H,15,19)(H,16,17)/t10-/m1/s1. The molecule has 1 atom stereocenters. The molecule has 0 bridgehead atoms. The number of hydrogen-bond acceptors (Lipinski definition) is 6. The second kappa shape index (κ2) is 6.97. The van der Waals surface area contributed by atoms with E-state index in [9.17, 15) is 14.9 Å². The summed E-state index contributed by atoms with van der Waals surface area (Å²) < 4.78 is 5.44. The van der Waals surface area contributed by atoms with Crippen molar-refractivity contribution >= 4 is 34.4 Å². The Morgan fingerprint density at radius 2 is 2.43 bits per heavy atom. The highest BCUT2D eigenvalue weighted by atomic mass is 32.2. The van der Waals surface area contributed by atoms with Crippen molar-refractivity contribution in [3.63, 3.8) is 0 Å². The number of nitrogens with zero attached hydrogens (tertiary/aromatic N) is 2. The summed E-state index contributed by atoms with van der Waals surface area (Å²) in [6.45, 7) is 1.30. The molecule has 0 spiro atoms. The highest BCUT2D eigenvalue weighted by Crippen LogP contribution is 2.23. The van der Waals surface area contributed by atoms with E-state index in [0.717, 1.165) is 19.4 Å². The first-order chi connectivity index (χ1) is 11.1. The van der Waals surface area contributed by atoms with Gasteiger partial charge >= 0.3 is 0 Å². The normalized spacial score (nSPS) is 17.5. The number of carbonyl (C=O) groups is 1. The zero-order valence-corrected chi connectivity index (χ0v) is 13.1. The zero-order valence-electron chi connectivity index (χ0n) is 12.3. The van der Waals surface area contributed by atoms with Crippen molar-refractivity contribution in [1.29, 1.82) is 0 Å². The number of ether oxygens (including phenoxy) is 1. The third kappa shape index (κ3) is 3.99. The van der Waals surface area contributed by atoms with Crippen LogP contribution in [0, 0.1) is 10.1 Å². The number of thioether (sulfide) groups is 1. The summed E-state index contributed by atoms with van der Waals surface area (Å²) in [4.78, 5) is 29.4. The molecule has 122 valence electrons. The fourth-order valence-electron chi connectivity index (χ4n) is 2.37. The minimum Gasteiger partial charge on any atom is -0.376 e. The number of imidazole rings is 1. The Bertz CT molecular complexity index is 727. The van der Waals surface area contributed by atoms with Gasteiger partial charge in [0.05, 0.1) is 27.8 Å². The van der Waals surface area contributed by atoms with E-state index in [0.29, 0.717) is 22.7 Å².